The van der Waals surface area contributed by atoms with Gasteiger partial charge < -0.3 is 5.32 Å². The summed E-state index contributed by atoms with van der Waals surface area (Å²) in [7, 11) is 2.94. The maximum atomic E-state index is 3.37. The van der Waals surface area contributed by atoms with Gasteiger partial charge in [0.05, 0.1) is 0 Å². The summed E-state index contributed by atoms with van der Waals surface area (Å²) in [5, 5.41) is 4.83. The Bertz CT molecular complexity index is 273. The van der Waals surface area contributed by atoms with E-state index in [1.165, 1.54) is 23.7 Å². The van der Waals surface area contributed by atoms with Crippen molar-refractivity contribution in [3.63, 3.8) is 0 Å². The molecule has 1 rings (SSSR count). The van der Waals surface area contributed by atoms with Crippen molar-refractivity contribution in [3.05, 3.63) is 29.8 Å². The molecular formula is C12H20NP. The molecule has 0 bridgehead atoms. The third-order valence-corrected chi connectivity index (χ3v) is 3.39. The van der Waals surface area contributed by atoms with E-state index in [1.54, 1.807) is 0 Å². The molecule has 0 radical (unpaired) electrons. The van der Waals surface area contributed by atoms with Crippen molar-refractivity contribution in [2.24, 2.45) is 0 Å². The van der Waals surface area contributed by atoms with E-state index in [4.69, 9.17) is 0 Å². The van der Waals surface area contributed by atoms with Gasteiger partial charge in [0.2, 0.25) is 0 Å². The molecule has 0 aliphatic heterocycles. The van der Waals surface area contributed by atoms with E-state index >= 15 is 0 Å². The highest BCUT2D eigenvalue weighted by Crippen LogP contribution is 2.18. The summed E-state index contributed by atoms with van der Waals surface area (Å²) < 4.78 is 0. The smallest absolute Gasteiger partial charge is 0.0317 e. The lowest BCUT2D eigenvalue weighted by Gasteiger charge is -2.16. The Labute approximate surface area is 89.1 Å². The molecular weight excluding hydrogens is 189 g/mol. The van der Waals surface area contributed by atoms with E-state index in [9.17, 15) is 0 Å². The minimum Gasteiger partial charge on any atom is -0.313 e. The van der Waals surface area contributed by atoms with Crippen molar-refractivity contribution in [2.75, 3.05) is 13.7 Å². The molecule has 1 aromatic rings. The van der Waals surface area contributed by atoms with Gasteiger partial charge in [-0.05, 0) is 31.0 Å². The standard InChI is InChI=1S/C12H20NP/c1-4-6-12(13-2)10-7-5-8-11(9-10)14-3/h5,7-9,12-14H,4,6H2,1-3H3. The first kappa shape index (κ1) is 11.7. The van der Waals surface area contributed by atoms with Crippen LogP contribution in [0.1, 0.15) is 31.4 Å². The molecule has 2 heteroatoms. The molecule has 2 atom stereocenters. The van der Waals surface area contributed by atoms with Gasteiger partial charge in [-0.2, -0.15) is 0 Å². The van der Waals surface area contributed by atoms with Crippen molar-refractivity contribution in [1.29, 1.82) is 0 Å². The van der Waals surface area contributed by atoms with Crippen molar-refractivity contribution in [3.8, 4) is 0 Å². The largest absolute Gasteiger partial charge is 0.313 e. The molecule has 2 unspecified atom stereocenters. The molecule has 0 aliphatic carbocycles. The Morgan fingerprint density at radius 2 is 2.21 bits per heavy atom. The first-order valence-electron chi connectivity index (χ1n) is 5.26. The average Bonchev–Trinajstić information content (AvgIpc) is 2.26. The Hall–Kier alpha value is -0.390. The SMILES string of the molecule is CCCC(NC)c1cccc(PC)c1. The molecule has 1 nitrogen and oxygen atoms in total. The van der Waals surface area contributed by atoms with Gasteiger partial charge in [0.1, 0.15) is 0 Å². The molecule has 0 spiro atoms. The molecule has 0 amide bonds. The normalized spacial score (nSPS) is 13.6. The lowest BCUT2D eigenvalue weighted by atomic mass is 10.0. The maximum Gasteiger partial charge on any atom is 0.0317 e. The van der Waals surface area contributed by atoms with Crippen LogP contribution in [0.4, 0.5) is 0 Å². The van der Waals surface area contributed by atoms with Crippen LogP contribution in [0.15, 0.2) is 24.3 Å². The Morgan fingerprint density at radius 1 is 1.43 bits per heavy atom. The van der Waals surface area contributed by atoms with Crippen LogP contribution >= 0.6 is 8.58 Å². The van der Waals surface area contributed by atoms with Crippen molar-refractivity contribution in [1.82, 2.24) is 5.32 Å². The van der Waals surface area contributed by atoms with Crippen LogP contribution in [0.2, 0.25) is 0 Å². The molecule has 1 N–H and O–H groups in total. The first-order valence-corrected chi connectivity index (χ1v) is 6.76. The highest BCUT2D eigenvalue weighted by atomic mass is 31.1. The summed E-state index contributed by atoms with van der Waals surface area (Å²) >= 11 is 0. The van der Waals surface area contributed by atoms with Gasteiger partial charge in [-0.25, -0.2) is 0 Å². The third kappa shape index (κ3) is 3.08. The topological polar surface area (TPSA) is 12.0 Å². The molecule has 0 aliphatic rings. The van der Waals surface area contributed by atoms with E-state index in [0.717, 1.165) is 8.58 Å². The van der Waals surface area contributed by atoms with Gasteiger partial charge in [0.25, 0.3) is 0 Å². The van der Waals surface area contributed by atoms with Crippen LogP contribution in [0.5, 0.6) is 0 Å². The molecule has 78 valence electrons. The zero-order valence-electron chi connectivity index (χ0n) is 9.30. The van der Waals surface area contributed by atoms with Gasteiger partial charge in [-0.1, -0.05) is 46.2 Å². The summed E-state index contributed by atoms with van der Waals surface area (Å²) in [6.45, 7) is 4.46. The number of rotatable bonds is 5. The zero-order chi connectivity index (χ0) is 10.4. The van der Waals surface area contributed by atoms with Gasteiger partial charge in [-0.3, -0.25) is 0 Å². The minimum atomic E-state index is 0.524. The summed E-state index contributed by atoms with van der Waals surface area (Å²) in [5.41, 5.74) is 1.43. The van der Waals surface area contributed by atoms with Crippen molar-refractivity contribution >= 4 is 13.9 Å². The quantitative estimate of drug-likeness (QED) is 0.735. The van der Waals surface area contributed by atoms with Crippen LogP contribution in [0.3, 0.4) is 0 Å². The predicted octanol–water partition coefficient (Wildman–Crippen LogP) is 2.68. The van der Waals surface area contributed by atoms with E-state index < -0.39 is 0 Å². The van der Waals surface area contributed by atoms with Crippen LogP contribution in [-0.2, 0) is 0 Å². The molecule has 0 saturated carbocycles. The van der Waals surface area contributed by atoms with Gasteiger partial charge in [-0.15, -0.1) is 0 Å². The second kappa shape index (κ2) is 6.16. The highest BCUT2D eigenvalue weighted by molar-refractivity contribution is 7.46. The molecule has 0 saturated heterocycles. The lowest BCUT2D eigenvalue weighted by molar-refractivity contribution is 0.542. The molecule has 0 fully saturated rings. The fourth-order valence-electron chi connectivity index (χ4n) is 1.68. The Balaban J connectivity index is 2.80. The van der Waals surface area contributed by atoms with E-state index in [0.29, 0.717) is 6.04 Å². The molecule has 0 aromatic heterocycles. The van der Waals surface area contributed by atoms with Crippen molar-refractivity contribution < 1.29 is 0 Å². The minimum absolute atomic E-state index is 0.524. The second-order valence-corrected chi connectivity index (χ2v) is 4.58. The van der Waals surface area contributed by atoms with Crippen LogP contribution in [0, 0.1) is 0 Å². The molecule has 0 heterocycles. The lowest BCUT2D eigenvalue weighted by Crippen LogP contribution is -2.17. The highest BCUT2D eigenvalue weighted by Gasteiger charge is 2.07. The van der Waals surface area contributed by atoms with Gasteiger partial charge >= 0.3 is 0 Å². The predicted molar refractivity (Wildman–Crippen MR) is 67.0 cm³/mol. The molecule has 14 heavy (non-hydrogen) atoms. The zero-order valence-corrected chi connectivity index (χ0v) is 10.3. The second-order valence-electron chi connectivity index (χ2n) is 3.51. The summed E-state index contributed by atoms with van der Waals surface area (Å²) in [6.07, 6.45) is 2.44. The van der Waals surface area contributed by atoms with Crippen LogP contribution < -0.4 is 10.6 Å². The summed E-state index contributed by atoms with van der Waals surface area (Å²) in [4.78, 5) is 0. The average molecular weight is 209 g/mol. The van der Waals surface area contributed by atoms with Gasteiger partial charge in [0.15, 0.2) is 0 Å². The van der Waals surface area contributed by atoms with Gasteiger partial charge in [0, 0.05) is 6.04 Å². The molecule has 1 aromatic carbocycles. The number of nitrogens with one attached hydrogen (secondary N) is 1. The summed E-state index contributed by atoms with van der Waals surface area (Å²) in [5.74, 6) is 0. The number of hydrogen-bond donors (Lipinski definition) is 1. The monoisotopic (exact) mass is 209 g/mol. The summed E-state index contributed by atoms with van der Waals surface area (Å²) in [6, 6.07) is 9.45. The number of benzene rings is 1. The Morgan fingerprint density at radius 3 is 2.79 bits per heavy atom. The van der Waals surface area contributed by atoms with Crippen molar-refractivity contribution in [2.45, 2.75) is 25.8 Å². The van der Waals surface area contributed by atoms with E-state index in [-0.39, 0.29) is 0 Å². The number of hydrogen-bond acceptors (Lipinski definition) is 1. The van der Waals surface area contributed by atoms with E-state index in [2.05, 4.69) is 43.2 Å². The Kier molecular flexibility index (Phi) is 5.14. The van der Waals surface area contributed by atoms with Crippen LogP contribution in [0.25, 0.3) is 0 Å². The fourth-order valence-corrected chi connectivity index (χ4v) is 2.25. The first-order chi connectivity index (χ1) is 6.81. The van der Waals surface area contributed by atoms with Crippen LogP contribution in [-0.4, -0.2) is 13.7 Å². The van der Waals surface area contributed by atoms with E-state index in [1.807, 2.05) is 7.05 Å². The maximum absolute atomic E-state index is 3.37. The third-order valence-electron chi connectivity index (χ3n) is 2.50. The fraction of sp³-hybridized carbons (Fsp3) is 0.500.